The molecule has 0 aromatic heterocycles. The summed E-state index contributed by atoms with van der Waals surface area (Å²) in [4.78, 5) is 10.7. The maximum absolute atomic E-state index is 10.7. The molecule has 10 heavy (non-hydrogen) atoms. The lowest BCUT2D eigenvalue weighted by atomic mass is 10.1. The van der Waals surface area contributed by atoms with Crippen molar-refractivity contribution in [1.29, 1.82) is 0 Å². The lowest BCUT2D eigenvalue weighted by Crippen LogP contribution is -2.08. The standard InChI is InChI=1S/C6H10N2O2/c1-4-2-5(3-8-7)10-6(4)9/h3-5H,2,7H2,1H3/b8-3+/t4-,5+/m1/s1. The summed E-state index contributed by atoms with van der Waals surface area (Å²) in [6.45, 7) is 1.83. The molecule has 1 aliphatic heterocycles. The molecule has 1 rings (SSSR count). The molecule has 1 heterocycles. The zero-order valence-electron chi connectivity index (χ0n) is 5.78. The first-order chi connectivity index (χ1) is 4.74. The number of nitrogens with zero attached hydrogens (tertiary/aromatic N) is 1. The van der Waals surface area contributed by atoms with Gasteiger partial charge in [0.05, 0.1) is 12.1 Å². The highest BCUT2D eigenvalue weighted by molar-refractivity contribution is 5.79. The van der Waals surface area contributed by atoms with Gasteiger partial charge in [-0.1, -0.05) is 6.92 Å². The van der Waals surface area contributed by atoms with Gasteiger partial charge in [-0.05, 0) is 0 Å². The first-order valence-electron chi connectivity index (χ1n) is 3.18. The van der Waals surface area contributed by atoms with E-state index in [4.69, 9.17) is 10.6 Å². The number of rotatable bonds is 1. The molecule has 2 N–H and O–H groups in total. The van der Waals surface area contributed by atoms with E-state index in [-0.39, 0.29) is 18.0 Å². The number of hydrogen-bond acceptors (Lipinski definition) is 4. The predicted octanol–water partition coefficient (Wildman–Crippen LogP) is -0.118. The summed E-state index contributed by atoms with van der Waals surface area (Å²) in [5.74, 6) is 4.70. The molecule has 1 fully saturated rings. The minimum Gasteiger partial charge on any atom is -0.456 e. The molecule has 0 spiro atoms. The summed E-state index contributed by atoms with van der Waals surface area (Å²) in [5.41, 5.74) is 0. The van der Waals surface area contributed by atoms with Crippen LogP contribution in [0.4, 0.5) is 0 Å². The van der Waals surface area contributed by atoms with Gasteiger partial charge in [-0.25, -0.2) is 0 Å². The maximum Gasteiger partial charge on any atom is 0.309 e. The van der Waals surface area contributed by atoms with Crippen LogP contribution < -0.4 is 5.84 Å². The lowest BCUT2D eigenvalue weighted by Gasteiger charge is -1.97. The van der Waals surface area contributed by atoms with Gasteiger partial charge in [0.1, 0.15) is 6.10 Å². The van der Waals surface area contributed by atoms with Gasteiger partial charge in [0, 0.05) is 6.42 Å². The minimum absolute atomic E-state index is 0.0111. The molecule has 0 aromatic carbocycles. The summed E-state index contributed by atoms with van der Waals surface area (Å²) < 4.78 is 4.85. The van der Waals surface area contributed by atoms with Gasteiger partial charge in [0.2, 0.25) is 0 Å². The van der Waals surface area contributed by atoms with E-state index in [1.807, 2.05) is 6.92 Å². The Morgan fingerprint density at radius 3 is 3.00 bits per heavy atom. The molecule has 2 atom stereocenters. The third-order valence-electron chi connectivity index (χ3n) is 1.51. The van der Waals surface area contributed by atoms with Gasteiger partial charge < -0.3 is 10.6 Å². The van der Waals surface area contributed by atoms with Crippen molar-refractivity contribution in [1.82, 2.24) is 0 Å². The Labute approximate surface area is 59.0 Å². The molecule has 0 amide bonds. The van der Waals surface area contributed by atoms with Crippen molar-refractivity contribution in [3.8, 4) is 0 Å². The zero-order chi connectivity index (χ0) is 7.56. The maximum atomic E-state index is 10.7. The molecular formula is C6H10N2O2. The van der Waals surface area contributed by atoms with E-state index in [2.05, 4.69) is 5.10 Å². The fourth-order valence-corrected chi connectivity index (χ4v) is 0.945. The van der Waals surface area contributed by atoms with Crippen molar-refractivity contribution < 1.29 is 9.53 Å². The first-order valence-corrected chi connectivity index (χ1v) is 3.18. The van der Waals surface area contributed by atoms with Crippen LogP contribution in [0.3, 0.4) is 0 Å². The Morgan fingerprint density at radius 1 is 1.90 bits per heavy atom. The SMILES string of the molecule is C[C@@H]1C[C@@H](/C=N/N)OC1=O. The quantitative estimate of drug-likeness (QED) is 0.240. The van der Waals surface area contributed by atoms with Gasteiger partial charge in [-0.15, -0.1) is 0 Å². The van der Waals surface area contributed by atoms with Crippen molar-refractivity contribution in [3.63, 3.8) is 0 Å². The van der Waals surface area contributed by atoms with E-state index in [9.17, 15) is 4.79 Å². The van der Waals surface area contributed by atoms with Crippen molar-refractivity contribution >= 4 is 12.2 Å². The Morgan fingerprint density at radius 2 is 2.60 bits per heavy atom. The Balaban J connectivity index is 2.49. The van der Waals surface area contributed by atoms with Crippen molar-refractivity contribution in [3.05, 3.63) is 0 Å². The monoisotopic (exact) mass is 142 g/mol. The second-order valence-corrected chi connectivity index (χ2v) is 2.41. The van der Waals surface area contributed by atoms with Crippen LogP contribution >= 0.6 is 0 Å². The van der Waals surface area contributed by atoms with Crippen molar-refractivity contribution in [2.75, 3.05) is 0 Å². The van der Waals surface area contributed by atoms with E-state index < -0.39 is 0 Å². The van der Waals surface area contributed by atoms with Gasteiger partial charge in [-0.2, -0.15) is 5.10 Å². The molecule has 4 nitrogen and oxygen atoms in total. The average molecular weight is 142 g/mol. The van der Waals surface area contributed by atoms with Crippen molar-refractivity contribution in [2.24, 2.45) is 16.9 Å². The summed E-state index contributed by atoms with van der Waals surface area (Å²) in [5, 5.41) is 3.28. The molecule has 0 aliphatic carbocycles. The largest absolute Gasteiger partial charge is 0.456 e. The second kappa shape index (κ2) is 2.68. The number of carbonyl (C=O) groups is 1. The first kappa shape index (κ1) is 7.05. The smallest absolute Gasteiger partial charge is 0.309 e. The average Bonchev–Trinajstić information content (AvgIpc) is 2.14. The van der Waals surface area contributed by atoms with E-state index in [0.717, 1.165) is 0 Å². The van der Waals surface area contributed by atoms with Gasteiger partial charge in [-0.3, -0.25) is 4.79 Å². The van der Waals surface area contributed by atoms with Crippen LogP contribution in [0.2, 0.25) is 0 Å². The van der Waals surface area contributed by atoms with E-state index in [1.165, 1.54) is 6.21 Å². The Kier molecular flexibility index (Phi) is 1.89. The number of cyclic esters (lactones) is 1. The number of nitrogens with two attached hydrogens (primary N) is 1. The summed E-state index contributed by atoms with van der Waals surface area (Å²) >= 11 is 0. The minimum atomic E-state index is -0.201. The molecule has 0 radical (unpaired) electrons. The lowest BCUT2D eigenvalue weighted by molar-refractivity contribution is -0.142. The molecule has 1 aliphatic rings. The number of hydrazone groups is 1. The molecule has 4 heteroatoms. The Bertz CT molecular complexity index is 167. The normalized spacial score (nSPS) is 33.1. The third-order valence-corrected chi connectivity index (χ3v) is 1.51. The Hall–Kier alpha value is -1.06. The van der Waals surface area contributed by atoms with Crippen LogP contribution in [-0.4, -0.2) is 18.3 Å². The van der Waals surface area contributed by atoms with Crippen LogP contribution in [0, 0.1) is 5.92 Å². The third kappa shape index (κ3) is 1.26. The second-order valence-electron chi connectivity index (χ2n) is 2.41. The van der Waals surface area contributed by atoms with Gasteiger partial charge >= 0.3 is 5.97 Å². The fraction of sp³-hybridized carbons (Fsp3) is 0.667. The topological polar surface area (TPSA) is 64.7 Å². The van der Waals surface area contributed by atoms with E-state index in [0.29, 0.717) is 6.42 Å². The van der Waals surface area contributed by atoms with Gasteiger partial charge in [0.15, 0.2) is 0 Å². The predicted molar refractivity (Wildman–Crippen MR) is 36.3 cm³/mol. The molecule has 0 unspecified atom stereocenters. The summed E-state index contributed by atoms with van der Waals surface area (Å²) in [6, 6.07) is 0. The molecule has 0 saturated carbocycles. The van der Waals surface area contributed by atoms with E-state index >= 15 is 0 Å². The highest BCUT2D eigenvalue weighted by atomic mass is 16.5. The van der Waals surface area contributed by atoms with Crippen molar-refractivity contribution in [2.45, 2.75) is 19.4 Å². The highest BCUT2D eigenvalue weighted by Crippen LogP contribution is 2.18. The number of ether oxygens (including phenoxy) is 1. The van der Waals surface area contributed by atoms with E-state index in [1.54, 1.807) is 0 Å². The zero-order valence-corrected chi connectivity index (χ0v) is 5.78. The van der Waals surface area contributed by atoms with Crippen LogP contribution in [0.1, 0.15) is 13.3 Å². The summed E-state index contributed by atoms with van der Waals surface area (Å²) in [6.07, 6.45) is 1.94. The molecule has 56 valence electrons. The number of hydrogen-bond donors (Lipinski definition) is 1. The van der Waals surface area contributed by atoms with Crippen LogP contribution in [0.15, 0.2) is 5.10 Å². The molecule has 1 saturated heterocycles. The molecular weight excluding hydrogens is 132 g/mol. The van der Waals surface area contributed by atoms with Crippen LogP contribution in [0.5, 0.6) is 0 Å². The molecule has 0 aromatic rings. The fourth-order valence-electron chi connectivity index (χ4n) is 0.945. The van der Waals surface area contributed by atoms with Crippen LogP contribution in [0.25, 0.3) is 0 Å². The highest BCUT2D eigenvalue weighted by Gasteiger charge is 2.29. The number of carbonyl (C=O) groups excluding carboxylic acids is 1. The van der Waals surface area contributed by atoms with Gasteiger partial charge in [0.25, 0.3) is 0 Å². The van der Waals surface area contributed by atoms with Crippen LogP contribution in [-0.2, 0) is 9.53 Å². The summed E-state index contributed by atoms with van der Waals surface area (Å²) in [7, 11) is 0. The number of esters is 1. The molecule has 0 bridgehead atoms.